The molecule has 0 bridgehead atoms. The third kappa shape index (κ3) is 10.7. The van der Waals surface area contributed by atoms with Gasteiger partial charge in [0, 0.05) is 0 Å². The van der Waals surface area contributed by atoms with E-state index >= 15 is 0 Å². The SMILES string of the molecule is Cl.O=S(=O)(O)CF. The van der Waals surface area contributed by atoms with Crippen LogP contribution in [0.1, 0.15) is 0 Å². The zero-order valence-electron chi connectivity index (χ0n) is 3.17. The second kappa shape index (κ2) is 3.17. The van der Waals surface area contributed by atoms with Gasteiger partial charge in [-0.05, 0) is 0 Å². The summed E-state index contributed by atoms with van der Waals surface area (Å²) in [6.45, 7) is 0. The van der Waals surface area contributed by atoms with Crippen molar-refractivity contribution in [3.05, 3.63) is 0 Å². The van der Waals surface area contributed by atoms with Crippen molar-refractivity contribution in [2.45, 2.75) is 0 Å². The van der Waals surface area contributed by atoms with Gasteiger partial charge < -0.3 is 0 Å². The highest BCUT2D eigenvalue weighted by molar-refractivity contribution is 7.85. The molecule has 0 aliphatic heterocycles. The third-order valence-electron chi connectivity index (χ3n) is 0.138. The van der Waals surface area contributed by atoms with Gasteiger partial charge in [0.15, 0.2) is 0 Å². The van der Waals surface area contributed by atoms with Crippen molar-refractivity contribution in [2.75, 3.05) is 6.01 Å². The monoisotopic (exact) mass is 150 g/mol. The van der Waals surface area contributed by atoms with Gasteiger partial charge in [0.1, 0.15) is 0 Å². The van der Waals surface area contributed by atoms with Crippen LogP contribution in [0.2, 0.25) is 0 Å². The van der Waals surface area contributed by atoms with Crippen molar-refractivity contribution < 1.29 is 17.4 Å². The van der Waals surface area contributed by atoms with Gasteiger partial charge in [-0.15, -0.1) is 12.4 Å². The molecule has 3 nitrogen and oxygen atoms in total. The Morgan fingerprint density at radius 3 is 1.71 bits per heavy atom. The van der Waals surface area contributed by atoms with Crippen LogP contribution in [0.5, 0.6) is 0 Å². The second-order valence-corrected chi connectivity index (χ2v) is 2.07. The molecule has 6 heteroatoms. The third-order valence-corrected chi connectivity index (χ3v) is 0.414. The molecule has 0 aliphatic carbocycles. The summed E-state index contributed by atoms with van der Waals surface area (Å²) in [6.07, 6.45) is 0. The fourth-order valence-electron chi connectivity index (χ4n) is 0. The van der Waals surface area contributed by atoms with Crippen molar-refractivity contribution in [3.8, 4) is 0 Å². The number of hydrogen-bond acceptors (Lipinski definition) is 2. The Labute approximate surface area is 46.7 Å². The molecular formula is CH4ClFO3S. The normalized spacial score (nSPS) is 10.0. The zero-order valence-corrected chi connectivity index (χ0v) is 4.80. The van der Waals surface area contributed by atoms with E-state index in [4.69, 9.17) is 4.55 Å². The van der Waals surface area contributed by atoms with Crippen LogP contribution in [0.3, 0.4) is 0 Å². The Balaban J connectivity index is 0. The van der Waals surface area contributed by atoms with Gasteiger partial charge in [-0.25, -0.2) is 4.39 Å². The van der Waals surface area contributed by atoms with E-state index in [0.29, 0.717) is 0 Å². The molecule has 0 aromatic heterocycles. The van der Waals surface area contributed by atoms with Gasteiger partial charge in [0.25, 0.3) is 10.1 Å². The minimum absolute atomic E-state index is 0. The largest absolute Gasteiger partial charge is 0.294 e. The summed E-state index contributed by atoms with van der Waals surface area (Å²) < 4.78 is 36.4. The maximum Gasteiger partial charge on any atom is 0.294 e. The molecule has 0 spiro atoms. The van der Waals surface area contributed by atoms with E-state index in [2.05, 4.69) is 0 Å². The van der Waals surface area contributed by atoms with Crippen molar-refractivity contribution in [1.82, 2.24) is 0 Å². The summed E-state index contributed by atoms with van der Waals surface area (Å²) in [7, 11) is -4.33. The van der Waals surface area contributed by atoms with E-state index < -0.39 is 16.1 Å². The topological polar surface area (TPSA) is 54.4 Å². The van der Waals surface area contributed by atoms with Crippen LogP contribution in [-0.4, -0.2) is 19.0 Å². The molecule has 46 valence electrons. The van der Waals surface area contributed by atoms with Crippen LogP contribution < -0.4 is 0 Å². The molecule has 0 unspecified atom stereocenters. The zero-order chi connectivity index (χ0) is 5.21. The summed E-state index contributed by atoms with van der Waals surface area (Å²) in [5.74, 6) is 0. The Hall–Kier alpha value is 0.130. The fourth-order valence-corrected chi connectivity index (χ4v) is 0. The van der Waals surface area contributed by atoms with Crippen molar-refractivity contribution in [1.29, 1.82) is 0 Å². The van der Waals surface area contributed by atoms with Crippen LogP contribution in [0.15, 0.2) is 0 Å². The lowest BCUT2D eigenvalue weighted by atomic mass is 11.8. The molecule has 0 heterocycles. The number of rotatable bonds is 1. The van der Waals surface area contributed by atoms with Gasteiger partial charge >= 0.3 is 0 Å². The highest BCUT2D eigenvalue weighted by Crippen LogP contribution is 1.77. The van der Waals surface area contributed by atoms with Gasteiger partial charge in [0.05, 0.1) is 0 Å². The molecule has 0 aromatic carbocycles. The average Bonchev–Trinajstić information content (AvgIpc) is 1.35. The molecule has 7 heavy (non-hydrogen) atoms. The minimum Gasteiger partial charge on any atom is -0.284 e. The maximum absolute atomic E-state index is 10.7. The van der Waals surface area contributed by atoms with Gasteiger partial charge in [-0.2, -0.15) is 8.42 Å². The predicted molar refractivity (Wildman–Crippen MR) is 24.8 cm³/mol. The standard InChI is InChI=1S/CH3FO3S.ClH/c2-1-6(3,4)5;/h1H2,(H,3,4,5);1H. The van der Waals surface area contributed by atoms with Gasteiger partial charge in [-0.3, -0.25) is 4.55 Å². The van der Waals surface area contributed by atoms with Crippen LogP contribution in [0.25, 0.3) is 0 Å². The van der Waals surface area contributed by atoms with Gasteiger partial charge in [-0.1, -0.05) is 0 Å². The highest BCUT2D eigenvalue weighted by Gasteiger charge is 1.97. The molecule has 0 atom stereocenters. The molecule has 0 aliphatic rings. The summed E-state index contributed by atoms with van der Waals surface area (Å²) in [4.78, 5) is 0. The minimum atomic E-state index is -4.33. The Kier molecular flexibility index (Phi) is 4.62. The lowest BCUT2D eigenvalue weighted by Crippen LogP contribution is -1.96. The molecule has 0 fully saturated rings. The first-order valence-electron chi connectivity index (χ1n) is 1.07. The van der Waals surface area contributed by atoms with E-state index in [-0.39, 0.29) is 12.4 Å². The van der Waals surface area contributed by atoms with Crippen molar-refractivity contribution in [2.24, 2.45) is 0 Å². The van der Waals surface area contributed by atoms with E-state index in [9.17, 15) is 12.8 Å². The van der Waals surface area contributed by atoms with Crippen molar-refractivity contribution >= 4 is 22.5 Å². The highest BCUT2D eigenvalue weighted by atomic mass is 35.5. The summed E-state index contributed by atoms with van der Waals surface area (Å²) in [5.41, 5.74) is 0. The molecular weight excluding hydrogens is 147 g/mol. The summed E-state index contributed by atoms with van der Waals surface area (Å²) >= 11 is 0. The predicted octanol–water partition coefficient (Wildman–Crippen LogP) is 0.223. The van der Waals surface area contributed by atoms with E-state index in [0.717, 1.165) is 0 Å². The number of halogens is 2. The van der Waals surface area contributed by atoms with Crippen LogP contribution in [0.4, 0.5) is 4.39 Å². The lowest BCUT2D eigenvalue weighted by Gasteiger charge is -1.77. The first kappa shape index (κ1) is 10.2. The second-order valence-electron chi connectivity index (χ2n) is 0.691. The Bertz CT molecular complexity index is 117. The summed E-state index contributed by atoms with van der Waals surface area (Å²) in [6, 6.07) is -1.70. The number of alkyl halides is 1. The van der Waals surface area contributed by atoms with Crippen LogP contribution >= 0.6 is 12.4 Å². The summed E-state index contributed by atoms with van der Waals surface area (Å²) in [5, 5.41) is 0. The van der Waals surface area contributed by atoms with E-state index in [1.54, 1.807) is 0 Å². The maximum atomic E-state index is 10.7. The fraction of sp³-hybridized carbons (Fsp3) is 1.00. The molecule has 0 radical (unpaired) electrons. The lowest BCUT2D eigenvalue weighted by molar-refractivity contribution is 0.447. The Morgan fingerprint density at radius 1 is 1.57 bits per heavy atom. The van der Waals surface area contributed by atoms with Crippen LogP contribution in [-0.2, 0) is 10.1 Å². The first-order valence-corrected chi connectivity index (χ1v) is 2.68. The number of hydrogen-bond donors (Lipinski definition) is 1. The molecule has 0 saturated heterocycles. The molecule has 0 aromatic rings. The van der Waals surface area contributed by atoms with Crippen LogP contribution in [0, 0.1) is 0 Å². The first-order chi connectivity index (χ1) is 2.56. The average molecular weight is 151 g/mol. The van der Waals surface area contributed by atoms with E-state index in [1.165, 1.54) is 0 Å². The Morgan fingerprint density at radius 2 is 1.71 bits per heavy atom. The van der Waals surface area contributed by atoms with Gasteiger partial charge in [0.2, 0.25) is 6.01 Å². The molecule has 0 saturated carbocycles. The van der Waals surface area contributed by atoms with Crippen molar-refractivity contribution in [3.63, 3.8) is 0 Å². The quantitative estimate of drug-likeness (QED) is 0.545. The molecule has 0 amide bonds. The molecule has 0 rings (SSSR count). The molecule has 1 N–H and O–H groups in total. The smallest absolute Gasteiger partial charge is 0.284 e. The van der Waals surface area contributed by atoms with E-state index in [1.807, 2.05) is 0 Å².